The zero-order valence-electron chi connectivity index (χ0n) is 16.2. The Bertz CT molecular complexity index is 1230. The molecule has 0 bridgehead atoms. The van der Waals surface area contributed by atoms with Crippen molar-refractivity contribution in [3.63, 3.8) is 0 Å². The highest BCUT2D eigenvalue weighted by Crippen LogP contribution is 2.24. The fourth-order valence-corrected chi connectivity index (χ4v) is 3.49. The monoisotopic (exact) mass is 438 g/mol. The number of carbonyl (C=O) groups excluding carboxylic acids is 1. The van der Waals surface area contributed by atoms with Crippen LogP contribution in [-0.2, 0) is 11.3 Å². The summed E-state index contributed by atoms with van der Waals surface area (Å²) < 4.78 is 3.97. The lowest BCUT2D eigenvalue weighted by Gasteiger charge is -2.12. The second-order valence-electron chi connectivity index (χ2n) is 6.78. The molecule has 0 atom stereocenters. The van der Waals surface area contributed by atoms with Gasteiger partial charge in [-0.05, 0) is 43.4 Å². The maximum Gasteiger partial charge on any atom is 0.226 e. The predicted molar refractivity (Wildman–Crippen MR) is 119 cm³/mol. The molecule has 4 aromatic rings. The predicted octanol–water partition coefficient (Wildman–Crippen LogP) is 4.78. The summed E-state index contributed by atoms with van der Waals surface area (Å²) in [5.74, 6) is 0.538. The van der Waals surface area contributed by atoms with Gasteiger partial charge in [-0.15, -0.1) is 0 Å². The van der Waals surface area contributed by atoms with E-state index >= 15 is 0 Å². The number of aromatic amines is 1. The molecule has 7 nitrogen and oxygen atoms in total. The Balaban J connectivity index is 1.51. The van der Waals surface area contributed by atoms with Crippen molar-refractivity contribution in [2.45, 2.75) is 19.9 Å². The van der Waals surface area contributed by atoms with Crippen LogP contribution in [0.4, 0.5) is 5.69 Å². The minimum atomic E-state index is -0.163. The normalized spacial score (nSPS) is 10.9. The van der Waals surface area contributed by atoms with E-state index in [1.807, 2.05) is 47.9 Å². The summed E-state index contributed by atoms with van der Waals surface area (Å²) in [4.78, 5) is 12.7. The van der Waals surface area contributed by atoms with Crippen LogP contribution in [-0.4, -0.2) is 30.5 Å². The van der Waals surface area contributed by atoms with Gasteiger partial charge in [0.25, 0.3) is 0 Å². The van der Waals surface area contributed by atoms with E-state index in [1.165, 1.54) is 0 Å². The van der Waals surface area contributed by atoms with E-state index in [4.69, 9.17) is 23.8 Å². The first-order valence-corrected chi connectivity index (χ1v) is 10.1. The smallest absolute Gasteiger partial charge is 0.226 e. The van der Waals surface area contributed by atoms with Crippen molar-refractivity contribution in [2.75, 3.05) is 5.32 Å². The van der Waals surface area contributed by atoms with Crippen LogP contribution in [0.5, 0.6) is 0 Å². The quantitative estimate of drug-likeness (QED) is 0.424. The standard InChI is InChI=1S/C21H19ClN6OS/c1-14-3-5-15(6-4-14)20-25-26-21(30)27(20)12-9-19(29)24-17-13-16(22)7-8-18(17)28-11-2-10-23-28/h2-8,10-11,13H,9,12H2,1H3,(H,24,29)(H,26,30). The van der Waals surface area contributed by atoms with Crippen LogP contribution >= 0.6 is 23.8 Å². The third-order valence-electron chi connectivity index (χ3n) is 4.61. The largest absolute Gasteiger partial charge is 0.324 e. The van der Waals surface area contributed by atoms with E-state index in [2.05, 4.69) is 20.6 Å². The number of benzene rings is 2. The molecule has 0 radical (unpaired) electrons. The molecule has 0 spiro atoms. The molecule has 0 unspecified atom stereocenters. The van der Waals surface area contributed by atoms with Gasteiger partial charge in [0.1, 0.15) is 0 Å². The summed E-state index contributed by atoms with van der Waals surface area (Å²) in [6.07, 6.45) is 3.70. The van der Waals surface area contributed by atoms with Gasteiger partial charge < -0.3 is 5.32 Å². The van der Waals surface area contributed by atoms with Crippen LogP contribution in [0.3, 0.4) is 0 Å². The summed E-state index contributed by atoms with van der Waals surface area (Å²) in [6, 6.07) is 15.1. The van der Waals surface area contributed by atoms with Gasteiger partial charge in [-0.3, -0.25) is 14.5 Å². The molecule has 0 saturated carbocycles. The summed E-state index contributed by atoms with van der Waals surface area (Å²) in [6.45, 7) is 2.42. The summed E-state index contributed by atoms with van der Waals surface area (Å²) >= 11 is 11.5. The van der Waals surface area contributed by atoms with Crippen molar-refractivity contribution < 1.29 is 4.79 Å². The van der Waals surface area contributed by atoms with Gasteiger partial charge in [-0.2, -0.15) is 10.2 Å². The first-order chi connectivity index (χ1) is 14.5. The molecule has 1 amide bonds. The molecular weight excluding hydrogens is 420 g/mol. The zero-order valence-corrected chi connectivity index (χ0v) is 17.7. The minimum Gasteiger partial charge on any atom is -0.324 e. The number of aromatic nitrogens is 5. The molecule has 0 aliphatic rings. The second-order valence-corrected chi connectivity index (χ2v) is 7.60. The van der Waals surface area contributed by atoms with Crippen molar-refractivity contribution >= 4 is 35.4 Å². The number of amides is 1. The Kier molecular flexibility index (Phi) is 5.78. The Morgan fingerprint density at radius 2 is 2.03 bits per heavy atom. The SMILES string of the molecule is Cc1ccc(-c2n[nH]c(=S)n2CCC(=O)Nc2cc(Cl)ccc2-n2cccn2)cc1. The first kappa shape index (κ1) is 20.1. The maximum atomic E-state index is 12.7. The van der Waals surface area contributed by atoms with Gasteiger partial charge in [0.2, 0.25) is 5.91 Å². The van der Waals surface area contributed by atoms with Gasteiger partial charge in [0, 0.05) is 35.9 Å². The molecule has 4 rings (SSSR count). The van der Waals surface area contributed by atoms with Gasteiger partial charge in [-0.25, -0.2) is 4.68 Å². The molecule has 0 fully saturated rings. The van der Waals surface area contributed by atoms with E-state index < -0.39 is 0 Å². The second kappa shape index (κ2) is 8.64. The van der Waals surface area contributed by atoms with Gasteiger partial charge in [0.05, 0.1) is 11.4 Å². The molecule has 0 saturated heterocycles. The van der Waals surface area contributed by atoms with E-state index in [9.17, 15) is 4.79 Å². The molecule has 0 aliphatic carbocycles. The fourth-order valence-electron chi connectivity index (χ4n) is 3.09. The average molecular weight is 439 g/mol. The van der Waals surface area contributed by atoms with E-state index in [0.717, 1.165) is 16.8 Å². The topological polar surface area (TPSA) is 80.5 Å². The first-order valence-electron chi connectivity index (χ1n) is 9.33. The van der Waals surface area contributed by atoms with Gasteiger partial charge in [0.15, 0.2) is 10.6 Å². The maximum absolute atomic E-state index is 12.7. The minimum absolute atomic E-state index is 0.163. The molecule has 152 valence electrons. The number of hydrogen-bond acceptors (Lipinski definition) is 4. The van der Waals surface area contributed by atoms with Crippen molar-refractivity contribution in [1.29, 1.82) is 0 Å². The van der Waals surface area contributed by atoms with Crippen LogP contribution in [0.2, 0.25) is 5.02 Å². The summed E-state index contributed by atoms with van der Waals surface area (Å²) in [5.41, 5.74) is 3.42. The van der Waals surface area contributed by atoms with Crippen molar-refractivity contribution in [3.8, 4) is 17.1 Å². The van der Waals surface area contributed by atoms with Gasteiger partial charge >= 0.3 is 0 Å². The molecule has 2 aromatic heterocycles. The van der Waals surface area contributed by atoms with Crippen molar-refractivity contribution in [1.82, 2.24) is 24.5 Å². The number of hydrogen-bond donors (Lipinski definition) is 2. The lowest BCUT2D eigenvalue weighted by molar-refractivity contribution is -0.116. The fraction of sp³-hybridized carbons (Fsp3) is 0.143. The van der Waals surface area contributed by atoms with E-state index in [0.29, 0.717) is 27.9 Å². The highest BCUT2D eigenvalue weighted by molar-refractivity contribution is 7.71. The third kappa shape index (κ3) is 4.34. The van der Waals surface area contributed by atoms with Gasteiger partial charge in [-0.1, -0.05) is 41.4 Å². The Morgan fingerprint density at radius 1 is 1.23 bits per heavy atom. The highest BCUT2D eigenvalue weighted by Gasteiger charge is 2.13. The lowest BCUT2D eigenvalue weighted by atomic mass is 10.1. The number of H-pyrrole nitrogens is 1. The molecule has 2 heterocycles. The molecular formula is C21H19ClN6OS. The number of rotatable bonds is 6. The molecule has 0 aliphatic heterocycles. The average Bonchev–Trinajstić information content (AvgIpc) is 3.37. The summed E-state index contributed by atoms with van der Waals surface area (Å²) in [7, 11) is 0. The van der Waals surface area contributed by atoms with Crippen LogP contribution in [0.25, 0.3) is 17.1 Å². The number of halogens is 1. The molecule has 9 heteroatoms. The zero-order chi connectivity index (χ0) is 21.1. The Labute approximate surface area is 183 Å². The molecule has 2 N–H and O–H groups in total. The van der Waals surface area contributed by atoms with Crippen molar-refractivity contribution in [2.24, 2.45) is 0 Å². The Hall–Kier alpha value is -3.23. The van der Waals surface area contributed by atoms with Crippen LogP contribution < -0.4 is 5.32 Å². The van der Waals surface area contributed by atoms with Crippen LogP contribution in [0.1, 0.15) is 12.0 Å². The Morgan fingerprint density at radius 3 is 2.77 bits per heavy atom. The number of carbonyl (C=O) groups is 1. The van der Waals surface area contributed by atoms with Crippen LogP contribution in [0.15, 0.2) is 60.9 Å². The summed E-state index contributed by atoms with van der Waals surface area (Å²) in [5, 5.41) is 14.8. The number of nitrogens with zero attached hydrogens (tertiary/aromatic N) is 4. The van der Waals surface area contributed by atoms with Crippen LogP contribution in [0, 0.1) is 11.7 Å². The van der Waals surface area contributed by atoms with Crippen molar-refractivity contribution in [3.05, 3.63) is 76.3 Å². The lowest BCUT2D eigenvalue weighted by Crippen LogP contribution is -2.16. The highest BCUT2D eigenvalue weighted by atomic mass is 35.5. The number of aryl methyl sites for hydroxylation is 1. The molecule has 30 heavy (non-hydrogen) atoms. The van der Waals surface area contributed by atoms with E-state index in [1.54, 1.807) is 29.2 Å². The molecule has 2 aromatic carbocycles. The third-order valence-corrected chi connectivity index (χ3v) is 5.16. The number of nitrogens with one attached hydrogen (secondary N) is 2. The number of anilines is 1. The van der Waals surface area contributed by atoms with E-state index in [-0.39, 0.29) is 12.3 Å².